The molecule has 0 atom stereocenters. The molecule has 1 amide bonds. The van der Waals surface area contributed by atoms with Crippen molar-refractivity contribution in [2.75, 3.05) is 19.3 Å². The van der Waals surface area contributed by atoms with E-state index in [9.17, 15) is 13.2 Å². The molecule has 0 bridgehead atoms. The molecule has 5 nitrogen and oxygen atoms in total. The Bertz CT molecular complexity index is 950. The maximum atomic E-state index is 12.5. The molecule has 1 N–H and O–H groups in total. The standard InChI is InChI=1S/C22H28N2O3S/c1-22(2,24-13-12-18-6-4-5-7-20(18)14-24)16-23-21(25)19-10-8-17(9-11-19)15-28(3,26)27/h4-11H,12-16H2,1-3H3,(H,23,25). The first kappa shape index (κ1) is 20.6. The smallest absolute Gasteiger partial charge is 0.251 e. The third-order valence-corrected chi connectivity index (χ3v) is 6.17. The molecule has 0 saturated heterocycles. The van der Waals surface area contributed by atoms with Gasteiger partial charge in [0.1, 0.15) is 0 Å². The summed E-state index contributed by atoms with van der Waals surface area (Å²) < 4.78 is 22.8. The van der Waals surface area contributed by atoms with Crippen molar-refractivity contribution in [2.45, 2.75) is 38.1 Å². The van der Waals surface area contributed by atoms with Crippen molar-refractivity contribution in [1.82, 2.24) is 10.2 Å². The molecule has 150 valence electrons. The zero-order valence-electron chi connectivity index (χ0n) is 16.7. The van der Waals surface area contributed by atoms with Crippen molar-refractivity contribution in [3.05, 3.63) is 70.8 Å². The predicted molar refractivity (Wildman–Crippen MR) is 112 cm³/mol. The van der Waals surface area contributed by atoms with E-state index in [-0.39, 0.29) is 17.2 Å². The van der Waals surface area contributed by atoms with Gasteiger partial charge in [0, 0.05) is 37.0 Å². The van der Waals surface area contributed by atoms with Gasteiger partial charge in [0.25, 0.3) is 5.91 Å². The Hall–Kier alpha value is -2.18. The summed E-state index contributed by atoms with van der Waals surface area (Å²) in [5, 5.41) is 3.03. The molecule has 0 aliphatic carbocycles. The van der Waals surface area contributed by atoms with Gasteiger partial charge in [-0.2, -0.15) is 0 Å². The third-order valence-electron chi connectivity index (χ3n) is 5.31. The highest BCUT2D eigenvalue weighted by atomic mass is 32.2. The molecule has 0 fully saturated rings. The minimum Gasteiger partial charge on any atom is -0.350 e. The van der Waals surface area contributed by atoms with Crippen LogP contribution in [-0.2, 0) is 28.6 Å². The number of amides is 1. The third kappa shape index (κ3) is 5.20. The number of fused-ring (bicyclic) bond motifs is 1. The molecule has 0 aromatic heterocycles. The highest BCUT2D eigenvalue weighted by molar-refractivity contribution is 7.89. The largest absolute Gasteiger partial charge is 0.350 e. The molecule has 2 aromatic rings. The lowest BCUT2D eigenvalue weighted by Crippen LogP contribution is -2.53. The molecular formula is C22H28N2O3S. The van der Waals surface area contributed by atoms with Crippen molar-refractivity contribution in [3.8, 4) is 0 Å². The summed E-state index contributed by atoms with van der Waals surface area (Å²) in [6, 6.07) is 15.3. The minimum atomic E-state index is -3.08. The number of sulfone groups is 1. The van der Waals surface area contributed by atoms with E-state index in [1.165, 1.54) is 17.4 Å². The SMILES string of the molecule is CC(C)(CNC(=O)c1ccc(CS(C)(=O)=O)cc1)N1CCc2ccccc2C1. The maximum absolute atomic E-state index is 12.5. The van der Waals surface area contributed by atoms with E-state index in [0.29, 0.717) is 17.7 Å². The minimum absolute atomic E-state index is 0.0155. The van der Waals surface area contributed by atoms with Gasteiger partial charge in [0.2, 0.25) is 0 Å². The second-order valence-electron chi connectivity index (χ2n) is 8.20. The number of nitrogens with one attached hydrogen (secondary N) is 1. The topological polar surface area (TPSA) is 66.5 Å². The van der Waals surface area contributed by atoms with E-state index in [0.717, 1.165) is 19.5 Å². The summed E-state index contributed by atoms with van der Waals surface area (Å²) in [6.45, 7) is 6.70. The monoisotopic (exact) mass is 400 g/mol. The van der Waals surface area contributed by atoms with Crippen LogP contribution < -0.4 is 5.32 Å². The first-order chi connectivity index (χ1) is 13.1. The average molecular weight is 401 g/mol. The summed E-state index contributed by atoms with van der Waals surface area (Å²) >= 11 is 0. The van der Waals surface area contributed by atoms with Gasteiger partial charge in [-0.05, 0) is 49.1 Å². The van der Waals surface area contributed by atoms with Crippen LogP contribution in [0.3, 0.4) is 0 Å². The van der Waals surface area contributed by atoms with Crippen LogP contribution >= 0.6 is 0 Å². The van der Waals surface area contributed by atoms with Crippen LogP contribution in [0.1, 0.15) is 40.9 Å². The van der Waals surface area contributed by atoms with Gasteiger partial charge in [0.05, 0.1) is 5.75 Å². The van der Waals surface area contributed by atoms with Gasteiger partial charge < -0.3 is 5.32 Å². The zero-order chi connectivity index (χ0) is 20.4. The number of carbonyl (C=O) groups is 1. The van der Waals surface area contributed by atoms with Crippen LogP contribution in [0.2, 0.25) is 0 Å². The molecule has 28 heavy (non-hydrogen) atoms. The van der Waals surface area contributed by atoms with Crippen LogP contribution in [-0.4, -0.2) is 44.1 Å². The first-order valence-electron chi connectivity index (χ1n) is 9.51. The Morgan fingerprint density at radius 1 is 1.07 bits per heavy atom. The molecule has 3 rings (SSSR count). The van der Waals surface area contributed by atoms with E-state index >= 15 is 0 Å². The number of hydrogen-bond donors (Lipinski definition) is 1. The number of benzene rings is 2. The van der Waals surface area contributed by atoms with Crippen LogP contribution in [0.25, 0.3) is 0 Å². The summed E-state index contributed by atoms with van der Waals surface area (Å²) in [7, 11) is -3.08. The highest BCUT2D eigenvalue weighted by Gasteiger charge is 2.30. The van der Waals surface area contributed by atoms with E-state index in [4.69, 9.17) is 0 Å². The second-order valence-corrected chi connectivity index (χ2v) is 10.3. The van der Waals surface area contributed by atoms with Crippen molar-refractivity contribution in [3.63, 3.8) is 0 Å². The van der Waals surface area contributed by atoms with Crippen molar-refractivity contribution in [2.24, 2.45) is 0 Å². The molecule has 6 heteroatoms. The highest BCUT2D eigenvalue weighted by Crippen LogP contribution is 2.25. The van der Waals surface area contributed by atoms with Gasteiger partial charge in [0.15, 0.2) is 9.84 Å². The Morgan fingerprint density at radius 3 is 2.36 bits per heavy atom. The summed E-state index contributed by atoms with van der Waals surface area (Å²) in [6.07, 6.45) is 2.23. The fourth-order valence-corrected chi connectivity index (χ4v) is 4.38. The van der Waals surface area contributed by atoms with Gasteiger partial charge in [-0.3, -0.25) is 9.69 Å². The Labute approximate surface area is 167 Å². The molecule has 1 aliphatic heterocycles. The van der Waals surface area contributed by atoms with Gasteiger partial charge in [-0.1, -0.05) is 36.4 Å². The maximum Gasteiger partial charge on any atom is 0.251 e. The lowest BCUT2D eigenvalue weighted by atomic mass is 9.94. The van der Waals surface area contributed by atoms with E-state index in [1.54, 1.807) is 24.3 Å². The molecule has 0 spiro atoms. The van der Waals surface area contributed by atoms with Crippen LogP contribution in [0.15, 0.2) is 48.5 Å². The van der Waals surface area contributed by atoms with E-state index in [1.807, 2.05) is 0 Å². The van der Waals surface area contributed by atoms with Crippen LogP contribution in [0.5, 0.6) is 0 Å². The van der Waals surface area contributed by atoms with Crippen molar-refractivity contribution < 1.29 is 13.2 Å². The fraction of sp³-hybridized carbons (Fsp3) is 0.409. The number of hydrogen-bond acceptors (Lipinski definition) is 4. The Morgan fingerprint density at radius 2 is 1.71 bits per heavy atom. The average Bonchev–Trinajstić information content (AvgIpc) is 2.65. The van der Waals surface area contributed by atoms with Crippen LogP contribution in [0, 0.1) is 0 Å². The summed E-state index contributed by atoms with van der Waals surface area (Å²) in [4.78, 5) is 14.9. The zero-order valence-corrected chi connectivity index (χ0v) is 17.6. The lowest BCUT2D eigenvalue weighted by Gasteiger charge is -2.41. The quantitative estimate of drug-likeness (QED) is 0.810. The molecular weight excluding hydrogens is 372 g/mol. The van der Waals surface area contributed by atoms with Crippen LogP contribution in [0.4, 0.5) is 0 Å². The molecule has 0 radical (unpaired) electrons. The predicted octanol–water partition coefficient (Wildman–Crippen LogP) is 2.80. The normalized spacial score (nSPS) is 15.1. The lowest BCUT2D eigenvalue weighted by molar-refractivity contribution is 0.0826. The van der Waals surface area contributed by atoms with Crippen molar-refractivity contribution in [1.29, 1.82) is 0 Å². The fourth-order valence-electron chi connectivity index (χ4n) is 3.58. The molecule has 1 heterocycles. The molecule has 2 aromatic carbocycles. The Balaban J connectivity index is 1.59. The first-order valence-corrected chi connectivity index (χ1v) is 11.6. The van der Waals surface area contributed by atoms with Crippen molar-refractivity contribution >= 4 is 15.7 Å². The summed E-state index contributed by atoms with van der Waals surface area (Å²) in [5.74, 6) is -0.158. The van der Waals surface area contributed by atoms with E-state index < -0.39 is 9.84 Å². The summed E-state index contributed by atoms with van der Waals surface area (Å²) in [5.41, 5.74) is 3.82. The number of carbonyl (C=O) groups excluding carboxylic acids is 1. The second kappa shape index (κ2) is 8.05. The van der Waals surface area contributed by atoms with E-state index in [2.05, 4.69) is 48.3 Å². The molecule has 0 unspecified atom stereocenters. The van der Waals surface area contributed by atoms with Gasteiger partial charge >= 0.3 is 0 Å². The van der Waals surface area contributed by atoms with Gasteiger partial charge in [-0.15, -0.1) is 0 Å². The number of nitrogens with zero attached hydrogens (tertiary/aromatic N) is 1. The number of rotatable bonds is 6. The molecule has 1 aliphatic rings. The van der Waals surface area contributed by atoms with Gasteiger partial charge in [-0.25, -0.2) is 8.42 Å². The molecule has 0 saturated carbocycles. The Kier molecular flexibility index (Phi) is 5.91.